The molecule has 0 fully saturated rings. The van der Waals surface area contributed by atoms with Gasteiger partial charge in [0, 0.05) is 12.6 Å². The number of rotatable bonds is 8. The van der Waals surface area contributed by atoms with Gasteiger partial charge in [0.25, 0.3) is 0 Å². The Morgan fingerprint density at radius 1 is 1.38 bits per heavy atom. The third-order valence-corrected chi connectivity index (χ3v) is 2.89. The van der Waals surface area contributed by atoms with Gasteiger partial charge >= 0.3 is 0 Å². The van der Waals surface area contributed by atoms with Gasteiger partial charge in [-0.25, -0.2) is 0 Å². The van der Waals surface area contributed by atoms with Crippen molar-refractivity contribution in [1.29, 1.82) is 0 Å². The van der Waals surface area contributed by atoms with Gasteiger partial charge < -0.3 is 16.0 Å². The molecule has 0 aliphatic carbocycles. The van der Waals surface area contributed by atoms with Crippen molar-refractivity contribution in [2.75, 3.05) is 20.1 Å². The highest BCUT2D eigenvalue weighted by Gasteiger charge is 2.09. The predicted octanol–water partition coefficient (Wildman–Crippen LogP) is 0.960. The Kier molecular flexibility index (Phi) is 8.21. The van der Waals surface area contributed by atoms with Crippen LogP contribution in [-0.2, 0) is 4.79 Å². The summed E-state index contributed by atoms with van der Waals surface area (Å²) < 4.78 is 0. The summed E-state index contributed by atoms with van der Waals surface area (Å²) in [6, 6.07) is 0.237. The van der Waals surface area contributed by atoms with Crippen molar-refractivity contribution in [3.8, 4) is 0 Å². The molecule has 16 heavy (non-hydrogen) atoms. The number of nitrogens with zero attached hydrogens (tertiary/aromatic N) is 1. The Morgan fingerprint density at radius 3 is 2.50 bits per heavy atom. The van der Waals surface area contributed by atoms with Crippen LogP contribution in [0.15, 0.2) is 0 Å². The number of amides is 1. The van der Waals surface area contributed by atoms with Gasteiger partial charge in [-0.05, 0) is 46.7 Å². The molecule has 0 heterocycles. The fraction of sp³-hybridized carbons (Fsp3) is 0.917. The highest BCUT2D eigenvalue weighted by molar-refractivity contribution is 5.81. The molecule has 4 heteroatoms. The summed E-state index contributed by atoms with van der Waals surface area (Å²) in [6.45, 7) is 8.10. The molecular weight excluding hydrogens is 202 g/mol. The van der Waals surface area contributed by atoms with E-state index >= 15 is 0 Å². The van der Waals surface area contributed by atoms with Gasteiger partial charge in [-0.2, -0.15) is 0 Å². The summed E-state index contributed by atoms with van der Waals surface area (Å²) in [6.07, 6.45) is 2.82. The van der Waals surface area contributed by atoms with Crippen molar-refractivity contribution in [2.45, 2.75) is 52.1 Å². The smallest absolute Gasteiger partial charge is 0.236 e. The van der Waals surface area contributed by atoms with Crippen LogP contribution in [0.4, 0.5) is 0 Å². The first-order valence-electron chi connectivity index (χ1n) is 6.22. The van der Waals surface area contributed by atoms with Crippen LogP contribution >= 0.6 is 0 Å². The molecule has 0 aromatic rings. The maximum atomic E-state index is 11.3. The summed E-state index contributed by atoms with van der Waals surface area (Å²) in [5, 5.41) is 2.85. The molecule has 3 N–H and O–H groups in total. The molecule has 0 bridgehead atoms. The second-order valence-corrected chi connectivity index (χ2v) is 4.59. The molecule has 0 aliphatic rings. The Labute approximate surface area is 99.6 Å². The Hall–Kier alpha value is -0.610. The van der Waals surface area contributed by atoms with Gasteiger partial charge in [0.1, 0.15) is 0 Å². The third kappa shape index (κ3) is 6.80. The van der Waals surface area contributed by atoms with Crippen molar-refractivity contribution in [3.05, 3.63) is 0 Å². The van der Waals surface area contributed by atoms with Gasteiger partial charge in [-0.3, -0.25) is 4.79 Å². The first kappa shape index (κ1) is 15.4. The first-order chi connectivity index (χ1) is 7.49. The summed E-state index contributed by atoms with van der Waals surface area (Å²) >= 11 is 0. The maximum absolute atomic E-state index is 11.3. The molecule has 4 nitrogen and oxygen atoms in total. The summed E-state index contributed by atoms with van der Waals surface area (Å²) in [4.78, 5) is 13.6. The highest BCUT2D eigenvalue weighted by atomic mass is 16.2. The van der Waals surface area contributed by atoms with E-state index in [1.165, 1.54) is 0 Å². The van der Waals surface area contributed by atoms with E-state index in [2.05, 4.69) is 31.1 Å². The van der Waals surface area contributed by atoms with E-state index in [-0.39, 0.29) is 11.9 Å². The lowest BCUT2D eigenvalue weighted by atomic mass is 10.2. The van der Waals surface area contributed by atoms with Crippen molar-refractivity contribution >= 4 is 5.91 Å². The standard InChI is InChI=1S/C12H27N3O/c1-5-11(13)12(16)14-8-6-7-9-15(4)10(2)3/h10-11H,5-9,13H2,1-4H3,(H,14,16)/t11-/m0/s1. The number of carbonyl (C=O) groups excluding carboxylic acids is 1. The molecule has 0 unspecified atom stereocenters. The van der Waals surface area contributed by atoms with E-state index in [0.717, 1.165) is 25.9 Å². The molecule has 0 saturated heterocycles. The van der Waals surface area contributed by atoms with Crippen LogP contribution in [0, 0.1) is 0 Å². The SMILES string of the molecule is CC[C@H](N)C(=O)NCCCCN(C)C(C)C. The third-order valence-electron chi connectivity index (χ3n) is 2.89. The van der Waals surface area contributed by atoms with Gasteiger partial charge in [-0.15, -0.1) is 0 Å². The van der Waals surface area contributed by atoms with E-state index < -0.39 is 0 Å². The number of hydrogen-bond acceptors (Lipinski definition) is 3. The predicted molar refractivity (Wildman–Crippen MR) is 68.3 cm³/mol. The molecule has 0 rings (SSSR count). The lowest BCUT2D eigenvalue weighted by Gasteiger charge is -2.20. The van der Waals surface area contributed by atoms with Crippen molar-refractivity contribution < 1.29 is 4.79 Å². The highest BCUT2D eigenvalue weighted by Crippen LogP contribution is 1.97. The van der Waals surface area contributed by atoms with Crippen LogP contribution in [-0.4, -0.2) is 43.0 Å². The lowest BCUT2D eigenvalue weighted by Crippen LogP contribution is -2.40. The number of nitrogens with two attached hydrogens (primary N) is 1. The number of hydrogen-bond donors (Lipinski definition) is 2. The van der Waals surface area contributed by atoms with Crippen LogP contribution in [0.5, 0.6) is 0 Å². The topological polar surface area (TPSA) is 58.4 Å². The maximum Gasteiger partial charge on any atom is 0.236 e. The molecule has 0 aromatic carbocycles. The van der Waals surface area contributed by atoms with Crippen LogP contribution in [0.3, 0.4) is 0 Å². The Bertz CT molecular complexity index is 195. The zero-order chi connectivity index (χ0) is 12.6. The minimum Gasteiger partial charge on any atom is -0.355 e. The Morgan fingerprint density at radius 2 is 2.00 bits per heavy atom. The van der Waals surface area contributed by atoms with E-state index in [1.54, 1.807) is 0 Å². The van der Waals surface area contributed by atoms with E-state index in [0.29, 0.717) is 12.5 Å². The van der Waals surface area contributed by atoms with E-state index in [1.807, 2.05) is 6.92 Å². The van der Waals surface area contributed by atoms with Crippen molar-refractivity contribution in [2.24, 2.45) is 5.73 Å². The second-order valence-electron chi connectivity index (χ2n) is 4.59. The Balaban J connectivity index is 3.44. The number of carbonyl (C=O) groups is 1. The molecule has 0 radical (unpaired) electrons. The molecule has 0 aliphatic heterocycles. The minimum absolute atomic E-state index is 0.0280. The average molecular weight is 229 g/mol. The molecular formula is C12H27N3O. The average Bonchev–Trinajstić information content (AvgIpc) is 2.26. The molecule has 1 atom stereocenters. The summed E-state index contributed by atoms with van der Waals surface area (Å²) in [5.74, 6) is -0.0280. The van der Waals surface area contributed by atoms with E-state index in [9.17, 15) is 4.79 Å². The van der Waals surface area contributed by atoms with Crippen LogP contribution in [0.25, 0.3) is 0 Å². The normalized spacial score (nSPS) is 13.2. The van der Waals surface area contributed by atoms with Crippen molar-refractivity contribution in [3.63, 3.8) is 0 Å². The monoisotopic (exact) mass is 229 g/mol. The van der Waals surface area contributed by atoms with Gasteiger partial charge in [0.15, 0.2) is 0 Å². The fourth-order valence-corrected chi connectivity index (χ4v) is 1.27. The van der Waals surface area contributed by atoms with Gasteiger partial charge in [0.2, 0.25) is 5.91 Å². The lowest BCUT2D eigenvalue weighted by molar-refractivity contribution is -0.122. The number of unbranched alkanes of at least 4 members (excludes halogenated alkanes) is 1. The fourth-order valence-electron chi connectivity index (χ4n) is 1.27. The first-order valence-corrected chi connectivity index (χ1v) is 6.22. The zero-order valence-corrected chi connectivity index (χ0v) is 11.1. The minimum atomic E-state index is -0.349. The number of nitrogens with one attached hydrogen (secondary N) is 1. The summed E-state index contributed by atoms with van der Waals surface area (Å²) in [7, 11) is 2.12. The van der Waals surface area contributed by atoms with E-state index in [4.69, 9.17) is 5.73 Å². The summed E-state index contributed by atoms with van der Waals surface area (Å²) in [5.41, 5.74) is 5.60. The van der Waals surface area contributed by atoms with Crippen LogP contribution in [0.2, 0.25) is 0 Å². The molecule has 1 amide bonds. The zero-order valence-electron chi connectivity index (χ0n) is 11.1. The second kappa shape index (κ2) is 8.53. The molecule has 0 aromatic heterocycles. The largest absolute Gasteiger partial charge is 0.355 e. The quantitative estimate of drug-likeness (QED) is 0.610. The molecule has 0 saturated carbocycles. The molecule has 96 valence electrons. The van der Waals surface area contributed by atoms with Crippen molar-refractivity contribution in [1.82, 2.24) is 10.2 Å². The van der Waals surface area contributed by atoms with Crippen LogP contribution < -0.4 is 11.1 Å². The molecule has 0 spiro atoms. The van der Waals surface area contributed by atoms with Crippen LogP contribution in [0.1, 0.15) is 40.0 Å². The van der Waals surface area contributed by atoms with Gasteiger partial charge in [-0.1, -0.05) is 6.92 Å². The van der Waals surface area contributed by atoms with Gasteiger partial charge in [0.05, 0.1) is 6.04 Å².